The quantitative estimate of drug-likeness (QED) is 0.678. The Morgan fingerprint density at radius 3 is 2.50 bits per heavy atom. The van der Waals surface area contributed by atoms with Gasteiger partial charge in [0.2, 0.25) is 0 Å². The Kier molecular flexibility index (Phi) is 3.69. The van der Waals surface area contributed by atoms with Gasteiger partial charge in [-0.05, 0) is 12.1 Å². The van der Waals surface area contributed by atoms with Crippen LogP contribution in [0.1, 0.15) is 0 Å². The van der Waals surface area contributed by atoms with Gasteiger partial charge in [0.25, 0.3) is 5.91 Å². The molecule has 0 saturated carbocycles. The van der Waals surface area contributed by atoms with E-state index in [1.807, 2.05) is 0 Å². The highest BCUT2D eigenvalue weighted by atomic mass is 16.5. The Labute approximate surface area is 80.1 Å². The maximum Gasteiger partial charge on any atom is 0.329 e. The van der Waals surface area contributed by atoms with Crippen molar-refractivity contribution in [3.05, 3.63) is 24.5 Å². The molecule has 0 radical (unpaired) electrons. The molecule has 0 aliphatic carbocycles. The maximum absolute atomic E-state index is 11.0. The van der Waals surface area contributed by atoms with Gasteiger partial charge < -0.3 is 9.84 Å². The fourth-order valence-electron chi connectivity index (χ4n) is 0.816. The number of aromatic nitrogens is 1. The fourth-order valence-corrected chi connectivity index (χ4v) is 0.816. The molecule has 0 fully saturated rings. The third kappa shape index (κ3) is 3.72. The lowest BCUT2D eigenvalue weighted by molar-refractivity contribution is -0.143. The molecule has 1 heterocycles. The zero-order chi connectivity index (χ0) is 10.4. The second-order valence-corrected chi connectivity index (χ2v) is 2.51. The average molecular weight is 198 g/mol. The summed E-state index contributed by atoms with van der Waals surface area (Å²) >= 11 is 0. The van der Waals surface area contributed by atoms with E-state index < -0.39 is 18.5 Å². The minimum atomic E-state index is -1.10. The molecule has 1 amide bonds. The summed E-state index contributed by atoms with van der Waals surface area (Å²) in [7, 11) is 0. The number of nitrogens with zero attached hydrogens (tertiary/aromatic N) is 1. The molecule has 76 valence electrons. The van der Waals surface area contributed by atoms with E-state index in [0.717, 1.165) is 0 Å². The normalized spacial score (nSPS) is 9.71. The number of hydrogen-bond acceptors (Lipinski definition) is 3. The molecule has 0 aliphatic heterocycles. The van der Waals surface area contributed by atoms with Crippen LogP contribution in [0.5, 0.6) is 0 Å². The van der Waals surface area contributed by atoms with E-state index in [4.69, 9.17) is 5.11 Å². The summed E-state index contributed by atoms with van der Waals surface area (Å²) in [5.41, 5.74) is 2.46. The second kappa shape index (κ2) is 5.03. The molecular formula is C8H10N2O4. The number of aliphatic carboxylic acids is 1. The van der Waals surface area contributed by atoms with Gasteiger partial charge in [-0.2, -0.15) is 0 Å². The zero-order valence-electron chi connectivity index (χ0n) is 7.34. The summed E-state index contributed by atoms with van der Waals surface area (Å²) in [6, 6.07) is 3.50. The third-order valence-corrected chi connectivity index (χ3v) is 1.32. The molecule has 0 aliphatic rings. The largest absolute Gasteiger partial charge is 0.480 e. The van der Waals surface area contributed by atoms with Crippen molar-refractivity contribution >= 4 is 11.9 Å². The van der Waals surface area contributed by atoms with Crippen molar-refractivity contribution in [3.63, 3.8) is 0 Å². The van der Waals surface area contributed by atoms with Gasteiger partial charge in [-0.1, -0.05) is 0 Å². The highest BCUT2D eigenvalue weighted by molar-refractivity contribution is 5.85. The van der Waals surface area contributed by atoms with Gasteiger partial charge in [-0.25, -0.2) is 4.79 Å². The van der Waals surface area contributed by atoms with Crippen molar-refractivity contribution in [2.24, 2.45) is 0 Å². The van der Waals surface area contributed by atoms with E-state index in [0.29, 0.717) is 0 Å². The molecule has 0 spiro atoms. The number of carbonyl (C=O) groups is 2. The van der Waals surface area contributed by atoms with Crippen LogP contribution in [-0.4, -0.2) is 34.9 Å². The van der Waals surface area contributed by atoms with E-state index in [1.165, 1.54) is 4.68 Å². The second-order valence-electron chi connectivity index (χ2n) is 2.51. The smallest absolute Gasteiger partial charge is 0.329 e. The van der Waals surface area contributed by atoms with Crippen molar-refractivity contribution in [1.29, 1.82) is 0 Å². The number of rotatable bonds is 5. The van der Waals surface area contributed by atoms with Gasteiger partial charge in [0.05, 0.1) is 0 Å². The van der Waals surface area contributed by atoms with Crippen molar-refractivity contribution in [2.75, 3.05) is 18.6 Å². The first kappa shape index (κ1) is 10.3. The lowest BCUT2D eigenvalue weighted by Crippen LogP contribution is -2.26. The van der Waals surface area contributed by atoms with E-state index in [-0.39, 0.29) is 6.61 Å². The summed E-state index contributed by atoms with van der Waals surface area (Å²) in [6.45, 7) is -0.746. The number of nitrogens with one attached hydrogen (secondary N) is 1. The van der Waals surface area contributed by atoms with Gasteiger partial charge in [-0.3, -0.25) is 14.9 Å². The maximum atomic E-state index is 11.0. The van der Waals surface area contributed by atoms with Gasteiger partial charge in [0, 0.05) is 12.4 Å². The summed E-state index contributed by atoms with van der Waals surface area (Å²) in [5, 5.41) is 8.22. The van der Waals surface area contributed by atoms with Crippen LogP contribution in [-0.2, 0) is 14.3 Å². The highest BCUT2D eigenvalue weighted by Gasteiger charge is 2.02. The molecule has 0 saturated heterocycles. The molecule has 6 nitrogen and oxygen atoms in total. The van der Waals surface area contributed by atoms with Crippen LogP contribution in [0.15, 0.2) is 24.5 Å². The minimum Gasteiger partial charge on any atom is -0.480 e. The highest BCUT2D eigenvalue weighted by Crippen LogP contribution is 1.85. The number of ether oxygens (including phenoxy) is 1. The van der Waals surface area contributed by atoms with Crippen LogP contribution >= 0.6 is 0 Å². The molecule has 14 heavy (non-hydrogen) atoms. The zero-order valence-corrected chi connectivity index (χ0v) is 7.34. The monoisotopic (exact) mass is 198 g/mol. The topological polar surface area (TPSA) is 80.6 Å². The molecule has 0 atom stereocenters. The van der Waals surface area contributed by atoms with Crippen molar-refractivity contribution in [1.82, 2.24) is 4.68 Å². The van der Waals surface area contributed by atoms with E-state index >= 15 is 0 Å². The summed E-state index contributed by atoms with van der Waals surface area (Å²) in [6.07, 6.45) is 3.30. The van der Waals surface area contributed by atoms with E-state index in [2.05, 4.69) is 10.2 Å². The predicted molar refractivity (Wildman–Crippen MR) is 47.3 cm³/mol. The minimum absolute atomic E-state index is 0.273. The Morgan fingerprint density at radius 1 is 1.29 bits per heavy atom. The Balaban J connectivity index is 2.20. The van der Waals surface area contributed by atoms with Crippen molar-refractivity contribution in [2.45, 2.75) is 0 Å². The lowest BCUT2D eigenvalue weighted by atomic mass is 10.6. The molecule has 0 aromatic carbocycles. The fraction of sp³-hybridized carbons (Fsp3) is 0.250. The van der Waals surface area contributed by atoms with Crippen LogP contribution in [0, 0.1) is 0 Å². The molecule has 2 N–H and O–H groups in total. The average Bonchev–Trinajstić information content (AvgIpc) is 2.56. The summed E-state index contributed by atoms with van der Waals surface area (Å²) in [5.74, 6) is -1.50. The number of carbonyl (C=O) groups excluding carboxylic acids is 1. The predicted octanol–water partition coefficient (Wildman–Crippen LogP) is -0.341. The van der Waals surface area contributed by atoms with Crippen LogP contribution in [0.25, 0.3) is 0 Å². The summed E-state index contributed by atoms with van der Waals surface area (Å²) in [4.78, 5) is 21.1. The number of hydrogen-bond donors (Lipinski definition) is 2. The number of amides is 1. The number of carboxylic acids is 1. The van der Waals surface area contributed by atoms with E-state index in [1.54, 1.807) is 24.5 Å². The van der Waals surface area contributed by atoms with Crippen molar-refractivity contribution in [3.8, 4) is 0 Å². The first-order chi connectivity index (χ1) is 6.68. The molecule has 1 rings (SSSR count). The number of carboxylic acid groups (broad SMARTS) is 1. The van der Waals surface area contributed by atoms with Crippen LogP contribution < -0.4 is 5.43 Å². The molecular weight excluding hydrogens is 188 g/mol. The van der Waals surface area contributed by atoms with Crippen LogP contribution in [0.3, 0.4) is 0 Å². The molecule has 6 heteroatoms. The summed E-state index contributed by atoms with van der Waals surface area (Å²) < 4.78 is 6.03. The van der Waals surface area contributed by atoms with Gasteiger partial charge in [-0.15, -0.1) is 0 Å². The SMILES string of the molecule is O=C(O)COCC(=O)Nn1cccc1. The first-order valence-corrected chi connectivity index (χ1v) is 3.91. The molecule has 0 bridgehead atoms. The molecule has 1 aromatic heterocycles. The molecule has 0 unspecified atom stereocenters. The Morgan fingerprint density at radius 2 is 1.93 bits per heavy atom. The Hall–Kier alpha value is -1.82. The van der Waals surface area contributed by atoms with Crippen LogP contribution in [0.2, 0.25) is 0 Å². The first-order valence-electron chi connectivity index (χ1n) is 3.91. The van der Waals surface area contributed by atoms with E-state index in [9.17, 15) is 9.59 Å². The van der Waals surface area contributed by atoms with Gasteiger partial charge >= 0.3 is 5.97 Å². The van der Waals surface area contributed by atoms with Gasteiger partial charge in [0.15, 0.2) is 0 Å². The Bertz CT molecular complexity index is 307. The van der Waals surface area contributed by atoms with Crippen LogP contribution in [0.4, 0.5) is 0 Å². The van der Waals surface area contributed by atoms with Gasteiger partial charge in [0.1, 0.15) is 13.2 Å². The van der Waals surface area contributed by atoms with Crippen molar-refractivity contribution < 1.29 is 19.4 Å². The molecule has 1 aromatic rings. The lowest BCUT2D eigenvalue weighted by Gasteiger charge is -2.05. The standard InChI is InChI=1S/C8H10N2O4/c11-7(5-14-6-8(12)13)9-10-3-1-2-4-10/h1-4H,5-6H2,(H,9,11)(H,12,13). The third-order valence-electron chi connectivity index (χ3n) is 1.32.